The Kier molecular flexibility index (Phi) is 3.97. The molecule has 0 saturated carbocycles. The maximum atomic E-state index is 12.1. The number of hydrogen-bond acceptors (Lipinski definition) is 3. The molecule has 3 atom stereocenters. The SMILES string of the molecule is CC1SCCN(C(=O)NC2CCOC2)C1C. The Hall–Kier alpha value is -0.420. The summed E-state index contributed by atoms with van der Waals surface area (Å²) in [5.41, 5.74) is 0. The minimum absolute atomic E-state index is 0.0788. The number of rotatable bonds is 1. The van der Waals surface area contributed by atoms with E-state index in [2.05, 4.69) is 19.2 Å². The molecule has 2 aliphatic heterocycles. The molecule has 2 amide bonds. The van der Waals surface area contributed by atoms with Crippen molar-refractivity contribution in [3.05, 3.63) is 0 Å². The van der Waals surface area contributed by atoms with E-state index in [4.69, 9.17) is 4.74 Å². The van der Waals surface area contributed by atoms with E-state index in [0.29, 0.717) is 17.9 Å². The van der Waals surface area contributed by atoms with Gasteiger partial charge >= 0.3 is 6.03 Å². The van der Waals surface area contributed by atoms with E-state index in [1.807, 2.05) is 16.7 Å². The van der Waals surface area contributed by atoms with Gasteiger partial charge in [0.1, 0.15) is 0 Å². The third kappa shape index (κ3) is 2.63. The maximum absolute atomic E-state index is 12.1. The van der Waals surface area contributed by atoms with Gasteiger partial charge in [-0.25, -0.2) is 4.79 Å². The monoisotopic (exact) mass is 244 g/mol. The zero-order chi connectivity index (χ0) is 11.5. The Morgan fingerprint density at radius 3 is 3.00 bits per heavy atom. The van der Waals surface area contributed by atoms with E-state index in [1.54, 1.807) is 0 Å². The van der Waals surface area contributed by atoms with E-state index in [-0.39, 0.29) is 12.1 Å². The largest absolute Gasteiger partial charge is 0.379 e. The van der Waals surface area contributed by atoms with Crippen molar-refractivity contribution in [3.8, 4) is 0 Å². The van der Waals surface area contributed by atoms with Gasteiger partial charge in [-0.3, -0.25) is 0 Å². The summed E-state index contributed by atoms with van der Waals surface area (Å²) < 4.78 is 5.26. The molecule has 92 valence electrons. The first kappa shape index (κ1) is 12.0. The summed E-state index contributed by atoms with van der Waals surface area (Å²) in [7, 11) is 0. The number of carbonyl (C=O) groups excluding carboxylic acids is 1. The number of nitrogens with zero attached hydrogens (tertiary/aromatic N) is 1. The smallest absolute Gasteiger partial charge is 0.318 e. The van der Waals surface area contributed by atoms with Gasteiger partial charge in [0.2, 0.25) is 0 Å². The van der Waals surface area contributed by atoms with Crippen LogP contribution in [0.5, 0.6) is 0 Å². The second-order valence-corrected chi connectivity index (χ2v) is 6.01. The standard InChI is InChI=1S/C11H20N2O2S/c1-8-9(2)16-6-4-13(8)11(14)12-10-3-5-15-7-10/h8-10H,3-7H2,1-2H3,(H,12,14). The molecule has 0 aromatic heterocycles. The number of thioether (sulfide) groups is 1. The molecule has 16 heavy (non-hydrogen) atoms. The summed E-state index contributed by atoms with van der Waals surface area (Å²) in [6.45, 7) is 6.61. The average Bonchev–Trinajstić information content (AvgIpc) is 2.74. The van der Waals surface area contributed by atoms with Crippen molar-refractivity contribution in [2.45, 2.75) is 37.6 Å². The summed E-state index contributed by atoms with van der Waals surface area (Å²) in [5, 5.41) is 3.58. The second kappa shape index (κ2) is 5.27. The van der Waals surface area contributed by atoms with Crippen LogP contribution in [0.25, 0.3) is 0 Å². The van der Waals surface area contributed by atoms with Crippen LogP contribution in [0.3, 0.4) is 0 Å². The fraction of sp³-hybridized carbons (Fsp3) is 0.909. The predicted molar refractivity (Wildman–Crippen MR) is 65.8 cm³/mol. The molecule has 3 unspecified atom stereocenters. The van der Waals surface area contributed by atoms with Crippen molar-refractivity contribution in [3.63, 3.8) is 0 Å². The maximum Gasteiger partial charge on any atom is 0.318 e. The van der Waals surface area contributed by atoms with E-state index in [1.165, 1.54) is 0 Å². The number of hydrogen-bond donors (Lipinski definition) is 1. The number of carbonyl (C=O) groups is 1. The Morgan fingerprint density at radius 2 is 2.31 bits per heavy atom. The number of urea groups is 1. The molecule has 0 bridgehead atoms. The van der Waals surface area contributed by atoms with Crippen molar-refractivity contribution < 1.29 is 9.53 Å². The molecule has 0 radical (unpaired) electrons. The molecule has 2 aliphatic rings. The second-order valence-electron chi connectivity index (χ2n) is 4.52. The van der Waals surface area contributed by atoms with Crippen molar-refractivity contribution in [2.75, 3.05) is 25.5 Å². The Bertz CT molecular complexity index is 256. The minimum Gasteiger partial charge on any atom is -0.379 e. The lowest BCUT2D eigenvalue weighted by Crippen LogP contribution is -2.54. The van der Waals surface area contributed by atoms with E-state index in [0.717, 1.165) is 25.3 Å². The molecule has 2 heterocycles. The van der Waals surface area contributed by atoms with Gasteiger partial charge < -0.3 is 15.0 Å². The first-order chi connectivity index (χ1) is 7.68. The average molecular weight is 244 g/mol. The van der Waals surface area contributed by atoms with Crippen LogP contribution in [-0.2, 0) is 4.74 Å². The Morgan fingerprint density at radius 1 is 1.50 bits per heavy atom. The molecule has 4 nitrogen and oxygen atoms in total. The van der Waals surface area contributed by atoms with E-state index in [9.17, 15) is 4.79 Å². The Balaban J connectivity index is 1.87. The first-order valence-corrected chi connectivity index (χ1v) is 7.00. The van der Waals surface area contributed by atoms with Crippen LogP contribution in [0.2, 0.25) is 0 Å². The third-order valence-corrected chi connectivity index (χ3v) is 4.74. The summed E-state index contributed by atoms with van der Waals surface area (Å²) >= 11 is 1.94. The van der Waals surface area contributed by atoms with Crippen LogP contribution in [0, 0.1) is 0 Å². The van der Waals surface area contributed by atoms with Gasteiger partial charge in [0.05, 0.1) is 12.6 Å². The highest BCUT2D eigenvalue weighted by Crippen LogP contribution is 2.24. The predicted octanol–water partition coefficient (Wildman–Crippen LogP) is 1.31. The number of ether oxygens (including phenoxy) is 1. The molecule has 2 fully saturated rings. The lowest BCUT2D eigenvalue weighted by Gasteiger charge is -2.37. The number of amides is 2. The van der Waals surface area contributed by atoms with Crippen LogP contribution < -0.4 is 5.32 Å². The molecule has 0 spiro atoms. The summed E-state index contributed by atoms with van der Waals surface area (Å²) in [5.74, 6) is 1.04. The summed E-state index contributed by atoms with van der Waals surface area (Å²) in [6, 6.07) is 0.612. The highest BCUT2D eigenvalue weighted by Gasteiger charge is 2.30. The normalized spacial score (nSPS) is 35.1. The first-order valence-electron chi connectivity index (χ1n) is 5.95. The van der Waals surface area contributed by atoms with Gasteiger partial charge in [0.15, 0.2) is 0 Å². The van der Waals surface area contributed by atoms with Gasteiger partial charge in [0.25, 0.3) is 0 Å². The van der Waals surface area contributed by atoms with Crippen molar-refractivity contribution in [1.29, 1.82) is 0 Å². The van der Waals surface area contributed by atoms with Crippen LogP contribution in [0.4, 0.5) is 4.79 Å². The summed E-state index contributed by atoms with van der Waals surface area (Å²) in [6.07, 6.45) is 0.943. The fourth-order valence-electron chi connectivity index (χ4n) is 2.13. The van der Waals surface area contributed by atoms with E-state index >= 15 is 0 Å². The zero-order valence-corrected chi connectivity index (χ0v) is 10.8. The van der Waals surface area contributed by atoms with Gasteiger partial charge in [-0.05, 0) is 13.3 Å². The molecular formula is C11H20N2O2S. The van der Waals surface area contributed by atoms with Crippen LogP contribution >= 0.6 is 11.8 Å². The van der Waals surface area contributed by atoms with Crippen molar-refractivity contribution in [1.82, 2.24) is 10.2 Å². The highest BCUT2D eigenvalue weighted by atomic mass is 32.2. The minimum atomic E-state index is 0.0788. The molecule has 0 aromatic carbocycles. The van der Waals surface area contributed by atoms with Crippen LogP contribution in [0.15, 0.2) is 0 Å². The third-order valence-electron chi connectivity index (χ3n) is 3.40. The lowest BCUT2D eigenvalue weighted by molar-refractivity contribution is 0.167. The van der Waals surface area contributed by atoms with Crippen molar-refractivity contribution >= 4 is 17.8 Å². The molecular weight excluding hydrogens is 224 g/mol. The van der Waals surface area contributed by atoms with Gasteiger partial charge in [-0.2, -0.15) is 11.8 Å². The van der Waals surface area contributed by atoms with Gasteiger partial charge in [-0.15, -0.1) is 0 Å². The molecule has 2 saturated heterocycles. The highest BCUT2D eigenvalue weighted by molar-refractivity contribution is 8.00. The number of nitrogens with one attached hydrogen (secondary N) is 1. The molecule has 2 rings (SSSR count). The zero-order valence-electron chi connectivity index (χ0n) is 9.94. The molecule has 1 N–H and O–H groups in total. The topological polar surface area (TPSA) is 41.6 Å². The molecule has 5 heteroatoms. The van der Waals surface area contributed by atoms with Crippen LogP contribution in [0.1, 0.15) is 20.3 Å². The Labute approximate surface area is 101 Å². The van der Waals surface area contributed by atoms with Crippen LogP contribution in [-0.4, -0.2) is 53.8 Å². The van der Waals surface area contributed by atoms with E-state index < -0.39 is 0 Å². The quantitative estimate of drug-likeness (QED) is 0.756. The van der Waals surface area contributed by atoms with Gasteiger partial charge in [-0.1, -0.05) is 6.92 Å². The van der Waals surface area contributed by atoms with Gasteiger partial charge in [0, 0.05) is 30.2 Å². The molecule has 0 aliphatic carbocycles. The fourth-order valence-corrected chi connectivity index (χ4v) is 3.22. The lowest BCUT2D eigenvalue weighted by atomic mass is 10.2. The molecule has 0 aromatic rings. The summed E-state index contributed by atoms with van der Waals surface area (Å²) in [4.78, 5) is 14.0. The van der Waals surface area contributed by atoms with Crippen molar-refractivity contribution in [2.24, 2.45) is 0 Å².